The molecule has 3 aromatic rings. The van der Waals surface area contributed by atoms with Crippen molar-refractivity contribution in [2.75, 3.05) is 19.2 Å². The first-order valence-electron chi connectivity index (χ1n) is 10.5. The number of hydrogen-bond acceptors (Lipinski definition) is 10. The number of fused-ring (bicyclic) bond motifs is 1. The van der Waals surface area contributed by atoms with Crippen molar-refractivity contribution in [3.8, 4) is 17.6 Å². The third kappa shape index (κ3) is 4.35. The second-order valence-electron chi connectivity index (χ2n) is 7.85. The molecule has 5 rings (SSSR count). The average Bonchev–Trinajstić information content (AvgIpc) is 3.52. The van der Waals surface area contributed by atoms with E-state index in [-0.39, 0.29) is 11.9 Å². The number of imidazole rings is 1. The van der Waals surface area contributed by atoms with Crippen molar-refractivity contribution in [2.45, 2.75) is 43.5 Å². The third-order valence-corrected chi connectivity index (χ3v) is 5.47. The number of anilines is 1. The van der Waals surface area contributed by atoms with E-state index < -0.39 is 31.1 Å². The Morgan fingerprint density at radius 1 is 1.15 bits per heavy atom. The molecule has 0 radical (unpaired) electrons. The van der Waals surface area contributed by atoms with Crippen molar-refractivity contribution in [2.24, 2.45) is 0 Å². The Morgan fingerprint density at radius 3 is 2.61 bits per heavy atom. The molecule has 2 aliphatic rings. The van der Waals surface area contributed by atoms with Crippen LogP contribution in [0.4, 0.5) is 5.82 Å². The SMILES string of the molecule is COc1ccc(C#Cc2nc(NOC3CC3)c3ncn([C@@H]4O[C@H](CO)[C@@H](O)[C@H]4O)c3n2)cc1. The van der Waals surface area contributed by atoms with Gasteiger partial charge in [0, 0.05) is 5.56 Å². The number of methoxy groups -OCH3 is 1. The van der Waals surface area contributed by atoms with Gasteiger partial charge in [0.15, 0.2) is 23.2 Å². The smallest absolute Gasteiger partial charge is 0.209 e. The lowest BCUT2D eigenvalue weighted by atomic mass is 10.1. The van der Waals surface area contributed by atoms with Gasteiger partial charge in [-0.2, -0.15) is 4.98 Å². The monoisotopic (exact) mass is 453 g/mol. The summed E-state index contributed by atoms with van der Waals surface area (Å²) in [5, 5.41) is 30.0. The fraction of sp³-hybridized carbons (Fsp3) is 0.409. The van der Waals surface area contributed by atoms with E-state index in [4.69, 9.17) is 14.3 Å². The summed E-state index contributed by atoms with van der Waals surface area (Å²) >= 11 is 0. The predicted octanol–water partition coefficient (Wildman–Crippen LogP) is 0.352. The molecular weight excluding hydrogens is 430 g/mol. The normalized spacial score (nSPS) is 24.5. The van der Waals surface area contributed by atoms with Crippen LogP contribution in [-0.4, -0.2) is 73.0 Å². The van der Waals surface area contributed by atoms with Gasteiger partial charge >= 0.3 is 0 Å². The van der Waals surface area contributed by atoms with Crippen LogP contribution in [0.2, 0.25) is 0 Å². The summed E-state index contributed by atoms with van der Waals surface area (Å²) in [4.78, 5) is 18.9. The van der Waals surface area contributed by atoms with E-state index in [2.05, 4.69) is 32.3 Å². The van der Waals surface area contributed by atoms with Gasteiger partial charge in [0.2, 0.25) is 5.82 Å². The van der Waals surface area contributed by atoms with Crippen LogP contribution < -0.4 is 10.2 Å². The Morgan fingerprint density at radius 2 is 1.94 bits per heavy atom. The number of nitrogens with one attached hydrogen (secondary N) is 1. The maximum atomic E-state index is 10.5. The zero-order chi connectivity index (χ0) is 22.9. The Balaban J connectivity index is 1.52. The first kappa shape index (κ1) is 21.6. The molecule has 0 unspecified atom stereocenters. The first-order chi connectivity index (χ1) is 16.1. The molecular formula is C22H23N5O6. The van der Waals surface area contributed by atoms with Crippen LogP contribution in [0, 0.1) is 11.8 Å². The highest BCUT2D eigenvalue weighted by Gasteiger charge is 2.44. The van der Waals surface area contributed by atoms with Crippen LogP contribution in [0.1, 0.15) is 30.5 Å². The fourth-order valence-electron chi connectivity index (χ4n) is 3.47. The summed E-state index contributed by atoms with van der Waals surface area (Å²) in [5.74, 6) is 7.21. The lowest BCUT2D eigenvalue weighted by Gasteiger charge is -2.16. The van der Waals surface area contributed by atoms with E-state index in [0.717, 1.165) is 24.2 Å². The minimum Gasteiger partial charge on any atom is -0.497 e. The molecule has 1 aliphatic carbocycles. The maximum Gasteiger partial charge on any atom is 0.209 e. The molecule has 3 heterocycles. The largest absolute Gasteiger partial charge is 0.497 e. The molecule has 11 heteroatoms. The van der Waals surface area contributed by atoms with Crippen molar-refractivity contribution in [1.82, 2.24) is 19.5 Å². The minimum absolute atomic E-state index is 0.117. The lowest BCUT2D eigenvalue weighted by molar-refractivity contribution is -0.0511. The number of aliphatic hydroxyl groups is 3. The van der Waals surface area contributed by atoms with E-state index in [1.165, 1.54) is 10.9 Å². The molecule has 2 fully saturated rings. The van der Waals surface area contributed by atoms with Gasteiger partial charge < -0.3 is 24.8 Å². The standard InChI is InChI=1S/C22H23N5O6/c1-31-13-5-2-12(3-6-13)4-9-16-24-20(26-33-14-7-8-14)17-21(25-16)27(11-23-17)22-19(30)18(29)15(10-28)32-22/h2-3,5-6,11,14-15,18-19,22,28-30H,7-8,10H2,1H3,(H,24,25,26)/t15-,18-,19-,22-/m1/s1. The highest BCUT2D eigenvalue weighted by Crippen LogP contribution is 2.33. The van der Waals surface area contributed by atoms with Crippen LogP contribution in [0.15, 0.2) is 30.6 Å². The number of ether oxygens (including phenoxy) is 2. The second kappa shape index (κ2) is 8.93. The molecule has 11 nitrogen and oxygen atoms in total. The Labute approximate surface area is 188 Å². The number of hydrogen-bond donors (Lipinski definition) is 4. The molecule has 33 heavy (non-hydrogen) atoms. The van der Waals surface area contributed by atoms with Gasteiger partial charge in [0.05, 0.1) is 26.1 Å². The van der Waals surface area contributed by atoms with Gasteiger partial charge in [0.1, 0.15) is 24.1 Å². The zero-order valence-corrected chi connectivity index (χ0v) is 17.8. The topological polar surface area (TPSA) is 144 Å². The van der Waals surface area contributed by atoms with Gasteiger partial charge in [-0.15, -0.1) is 0 Å². The second-order valence-corrected chi connectivity index (χ2v) is 7.85. The molecule has 1 aliphatic heterocycles. The van der Waals surface area contributed by atoms with Crippen LogP contribution >= 0.6 is 0 Å². The molecule has 4 atom stereocenters. The van der Waals surface area contributed by atoms with E-state index in [1.54, 1.807) is 19.2 Å². The van der Waals surface area contributed by atoms with Crippen LogP contribution in [0.25, 0.3) is 11.2 Å². The minimum atomic E-state index is -1.28. The summed E-state index contributed by atoms with van der Waals surface area (Å²) in [5.41, 5.74) is 4.32. The summed E-state index contributed by atoms with van der Waals surface area (Å²) in [6.45, 7) is -0.434. The first-order valence-corrected chi connectivity index (χ1v) is 10.5. The predicted molar refractivity (Wildman–Crippen MR) is 115 cm³/mol. The third-order valence-electron chi connectivity index (χ3n) is 5.47. The highest BCUT2D eigenvalue weighted by atomic mass is 16.7. The molecule has 1 aromatic carbocycles. The van der Waals surface area contributed by atoms with E-state index >= 15 is 0 Å². The lowest BCUT2D eigenvalue weighted by Crippen LogP contribution is -2.33. The van der Waals surface area contributed by atoms with Gasteiger partial charge in [-0.05, 0) is 43.0 Å². The van der Waals surface area contributed by atoms with Crippen LogP contribution in [-0.2, 0) is 9.57 Å². The number of rotatable bonds is 6. The molecule has 1 saturated carbocycles. The summed E-state index contributed by atoms with van der Waals surface area (Å²) in [6, 6.07) is 7.26. The number of aromatic nitrogens is 4. The number of aliphatic hydroxyl groups excluding tert-OH is 3. The number of nitrogens with zero attached hydrogens (tertiary/aromatic N) is 4. The van der Waals surface area contributed by atoms with E-state index in [9.17, 15) is 15.3 Å². The number of benzene rings is 1. The molecule has 0 amide bonds. The van der Waals surface area contributed by atoms with Crippen molar-refractivity contribution >= 4 is 17.0 Å². The van der Waals surface area contributed by atoms with Crippen molar-refractivity contribution in [1.29, 1.82) is 0 Å². The molecule has 0 bridgehead atoms. The summed E-state index contributed by atoms with van der Waals surface area (Å²) in [6.07, 6.45) is -0.961. The van der Waals surface area contributed by atoms with E-state index in [1.807, 2.05) is 12.1 Å². The molecule has 0 spiro atoms. The average molecular weight is 453 g/mol. The molecule has 4 N–H and O–H groups in total. The van der Waals surface area contributed by atoms with Gasteiger partial charge in [-0.3, -0.25) is 9.40 Å². The summed E-state index contributed by atoms with van der Waals surface area (Å²) in [7, 11) is 1.60. The Hall–Kier alpha value is -3.27. The van der Waals surface area contributed by atoms with E-state index in [0.29, 0.717) is 17.0 Å². The molecule has 172 valence electrons. The van der Waals surface area contributed by atoms with Crippen molar-refractivity contribution in [3.05, 3.63) is 42.0 Å². The molecule has 2 aromatic heterocycles. The van der Waals surface area contributed by atoms with Crippen molar-refractivity contribution in [3.63, 3.8) is 0 Å². The Bertz CT molecular complexity index is 1200. The van der Waals surface area contributed by atoms with Gasteiger partial charge in [0.25, 0.3) is 0 Å². The quantitative estimate of drug-likeness (QED) is 0.305. The van der Waals surface area contributed by atoms with Gasteiger partial charge in [-0.25, -0.2) is 15.4 Å². The summed E-state index contributed by atoms with van der Waals surface area (Å²) < 4.78 is 12.3. The van der Waals surface area contributed by atoms with Crippen LogP contribution in [0.5, 0.6) is 5.75 Å². The Kier molecular flexibility index (Phi) is 5.84. The van der Waals surface area contributed by atoms with Crippen molar-refractivity contribution < 1.29 is 29.6 Å². The van der Waals surface area contributed by atoms with Crippen LogP contribution in [0.3, 0.4) is 0 Å². The fourth-order valence-corrected chi connectivity index (χ4v) is 3.47. The highest BCUT2D eigenvalue weighted by molar-refractivity contribution is 5.83. The molecule has 1 saturated heterocycles. The maximum absolute atomic E-state index is 10.5. The zero-order valence-electron chi connectivity index (χ0n) is 17.8. The van der Waals surface area contributed by atoms with Gasteiger partial charge in [-0.1, -0.05) is 5.92 Å².